The van der Waals surface area contributed by atoms with Crippen LogP contribution >= 0.6 is 0 Å². The number of ether oxygens (including phenoxy) is 1. The van der Waals surface area contributed by atoms with Crippen molar-refractivity contribution in [3.05, 3.63) is 12.3 Å². The third-order valence-electron chi connectivity index (χ3n) is 4.77. The highest BCUT2D eigenvalue weighted by Gasteiger charge is 2.48. The van der Waals surface area contributed by atoms with E-state index in [1.807, 2.05) is 24.2 Å². The highest BCUT2D eigenvalue weighted by molar-refractivity contribution is 5.96. The number of hydrogen-bond acceptors (Lipinski definition) is 4. The molecule has 2 aliphatic heterocycles. The number of piperidine rings is 1. The molecule has 2 saturated heterocycles. The van der Waals surface area contributed by atoms with Gasteiger partial charge in [0.15, 0.2) is 5.82 Å². The molecule has 116 valence electrons. The minimum Gasteiger partial charge on any atom is -0.383 e. The number of carbonyl (C=O) groups is 1. The predicted molar refractivity (Wildman–Crippen MR) is 80.2 cm³/mol. The summed E-state index contributed by atoms with van der Waals surface area (Å²) in [6, 6.07) is 1.92. The molecule has 6 nitrogen and oxygen atoms in total. The molecule has 3 heterocycles. The van der Waals surface area contributed by atoms with Gasteiger partial charge in [0.05, 0.1) is 6.61 Å². The Bertz CT molecular complexity index is 516. The van der Waals surface area contributed by atoms with Gasteiger partial charge in [0, 0.05) is 51.5 Å². The average Bonchev–Trinajstić information content (AvgIpc) is 3.03. The molecule has 2 fully saturated rings. The van der Waals surface area contributed by atoms with Crippen LogP contribution in [0.2, 0.25) is 0 Å². The summed E-state index contributed by atoms with van der Waals surface area (Å²) in [6.07, 6.45) is 5.99. The molecule has 0 N–H and O–H groups in total. The highest BCUT2D eigenvalue weighted by atomic mass is 16.5. The Labute approximate surface area is 125 Å². The summed E-state index contributed by atoms with van der Waals surface area (Å²) in [5.74, 6) is 0.967. The first-order chi connectivity index (χ1) is 10.1. The Morgan fingerprint density at radius 2 is 2.29 bits per heavy atom. The second-order valence-electron chi connectivity index (χ2n) is 6.17. The number of nitrogens with zero attached hydrogens (tertiary/aromatic N) is 4. The van der Waals surface area contributed by atoms with Gasteiger partial charge in [-0.05, 0) is 19.4 Å². The average molecular weight is 292 g/mol. The molecular formula is C15H24N4O2. The summed E-state index contributed by atoms with van der Waals surface area (Å²) in [5.41, 5.74) is -0.0224. The first-order valence-corrected chi connectivity index (χ1v) is 7.69. The molecule has 6 heteroatoms. The molecule has 3 rings (SSSR count). The molecule has 1 aromatic heterocycles. The van der Waals surface area contributed by atoms with E-state index in [0.717, 1.165) is 38.5 Å². The highest BCUT2D eigenvalue weighted by Crippen LogP contribution is 2.38. The lowest BCUT2D eigenvalue weighted by atomic mass is 9.85. The van der Waals surface area contributed by atoms with Crippen molar-refractivity contribution in [2.45, 2.75) is 31.2 Å². The van der Waals surface area contributed by atoms with E-state index in [0.29, 0.717) is 6.42 Å². The first-order valence-electron chi connectivity index (χ1n) is 7.69. The lowest BCUT2D eigenvalue weighted by Gasteiger charge is -2.44. The summed E-state index contributed by atoms with van der Waals surface area (Å²) >= 11 is 0. The molecular weight excluding hydrogens is 268 g/mol. The Hall–Kier alpha value is -1.40. The number of amides is 1. The monoisotopic (exact) mass is 292 g/mol. The molecule has 0 aromatic carbocycles. The van der Waals surface area contributed by atoms with Gasteiger partial charge in [-0.1, -0.05) is 6.42 Å². The molecule has 21 heavy (non-hydrogen) atoms. The third-order valence-corrected chi connectivity index (χ3v) is 4.77. The van der Waals surface area contributed by atoms with Gasteiger partial charge in [-0.3, -0.25) is 19.3 Å². The van der Waals surface area contributed by atoms with Crippen molar-refractivity contribution in [1.82, 2.24) is 14.7 Å². The number of rotatable bonds is 4. The van der Waals surface area contributed by atoms with Gasteiger partial charge >= 0.3 is 0 Å². The summed E-state index contributed by atoms with van der Waals surface area (Å²) in [7, 11) is 3.61. The molecule has 1 atom stereocenters. The number of likely N-dealkylation sites (tertiary alicyclic amines) is 1. The van der Waals surface area contributed by atoms with E-state index >= 15 is 0 Å². The lowest BCUT2D eigenvalue weighted by molar-refractivity contribution is -0.118. The minimum absolute atomic E-state index is 0.0224. The zero-order valence-electron chi connectivity index (χ0n) is 12.9. The first kappa shape index (κ1) is 14.5. The fraction of sp³-hybridized carbons (Fsp3) is 0.733. The number of anilines is 1. The van der Waals surface area contributed by atoms with Crippen molar-refractivity contribution in [1.29, 1.82) is 0 Å². The predicted octanol–water partition coefficient (Wildman–Crippen LogP) is 1.03. The second kappa shape index (κ2) is 5.77. The van der Waals surface area contributed by atoms with E-state index in [1.54, 1.807) is 11.8 Å². The standard InChI is InChI=1S/C15H24N4O2/c1-17-8-5-13(16-17)19-12-15(11-14(19)20)6-3-4-7-18(15)9-10-21-2/h5,8H,3-4,6-7,9-12H2,1-2H3. The topological polar surface area (TPSA) is 50.6 Å². The molecule has 0 saturated carbocycles. The molecule has 1 amide bonds. The summed E-state index contributed by atoms with van der Waals surface area (Å²) in [4.78, 5) is 16.8. The molecule has 0 aliphatic carbocycles. The minimum atomic E-state index is -0.0224. The van der Waals surface area contributed by atoms with Crippen molar-refractivity contribution >= 4 is 11.7 Å². The largest absolute Gasteiger partial charge is 0.383 e. The van der Waals surface area contributed by atoms with Gasteiger partial charge in [0.25, 0.3) is 0 Å². The fourth-order valence-corrected chi connectivity index (χ4v) is 3.65. The Morgan fingerprint density at radius 3 is 3.00 bits per heavy atom. The lowest BCUT2D eigenvalue weighted by Crippen LogP contribution is -2.54. The van der Waals surface area contributed by atoms with E-state index in [9.17, 15) is 4.79 Å². The number of hydrogen-bond donors (Lipinski definition) is 0. The smallest absolute Gasteiger partial charge is 0.230 e. The molecule has 0 radical (unpaired) electrons. The normalized spacial score (nSPS) is 27.0. The van der Waals surface area contributed by atoms with Crippen molar-refractivity contribution in [3.63, 3.8) is 0 Å². The van der Waals surface area contributed by atoms with E-state index in [2.05, 4.69) is 10.00 Å². The zero-order valence-corrected chi connectivity index (χ0v) is 12.9. The van der Waals surface area contributed by atoms with Crippen LogP contribution in [0.5, 0.6) is 0 Å². The van der Waals surface area contributed by atoms with Crippen LogP contribution in [0.4, 0.5) is 5.82 Å². The second-order valence-corrected chi connectivity index (χ2v) is 6.17. The maximum absolute atomic E-state index is 12.5. The van der Waals surface area contributed by atoms with Gasteiger partial charge in [-0.15, -0.1) is 0 Å². The van der Waals surface area contributed by atoms with Crippen LogP contribution in [0, 0.1) is 0 Å². The number of aryl methyl sites for hydroxylation is 1. The van der Waals surface area contributed by atoms with Crippen molar-refractivity contribution in [3.8, 4) is 0 Å². The van der Waals surface area contributed by atoms with Crippen LogP contribution in [0.25, 0.3) is 0 Å². The van der Waals surface area contributed by atoms with Crippen LogP contribution in [-0.2, 0) is 16.6 Å². The zero-order chi connectivity index (χ0) is 14.9. The van der Waals surface area contributed by atoms with Gasteiger partial charge in [0.1, 0.15) is 0 Å². The van der Waals surface area contributed by atoms with Crippen LogP contribution in [0.1, 0.15) is 25.7 Å². The van der Waals surface area contributed by atoms with Gasteiger partial charge < -0.3 is 4.74 Å². The fourth-order valence-electron chi connectivity index (χ4n) is 3.65. The van der Waals surface area contributed by atoms with Gasteiger partial charge in [0.2, 0.25) is 5.91 Å². The third kappa shape index (κ3) is 2.70. The number of carbonyl (C=O) groups excluding carboxylic acids is 1. The van der Waals surface area contributed by atoms with Gasteiger partial charge in [-0.2, -0.15) is 5.10 Å². The quantitative estimate of drug-likeness (QED) is 0.831. The van der Waals surface area contributed by atoms with Crippen LogP contribution < -0.4 is 4.90 Å². The van der Waals surface area contributed by atoms with E-state index in [-0.39, 0.29) is 11.4 Å². The maximum atomic E-state index is 12.5. The number of aromatic nitrogens is 2. The van der Waals surface area contributed by atoms with Crippen molar-refractivity contribution in [2.24, 2.45) is 7.05 Å². The molecule has 1 unspecified atom stereocenters. The molecule has 2 aliphatic rings. The van der Waals surface area contributed by atoms with E-state index < -0.39 is 0 Å². The van der Waals surface area contributed by atoms with Crippen LogP contribution in [0.3, 0.4) is 0 Å². The molecule has 1 aromatic rings. The van der Waals surface area contributed by atoms with E-state index in [4.69, 9.17) is 4.74 Å². The van der Waals surface area contributed by atoms with Gasteiger partial charge in [-0.25, -0.2) is 0 Å². The SMILES string of the molecule is COCCN1CCCCC12CC(=O)N(c1ccn(C)n1)C2. The Kier molecular flexibility index (Phi) is 3.99. The number of methoxy groups -OCH3 is 1. The maximum Gasteiger partial charge on any atom is 0.230 e. The Balaban J connectivity index is 1.79. The molecule has 0 bridgehead atoms. The molecule has 1 spiro atoms. The van der Waals surface area contributed by atoms with Crippen LogP contribution in [-0.4, -0.2) is 59.5 Å². The van der Waals surface area contributed by atoms with E-state index in [1.165, 1.54) is 12.8 Å². The van der Waals surface area contributed by atoms with Crippen molar-refractivity contribution in [2.75, 3.05) is 38.3 Å². The summed E-state index contributed by atoms with van der Waals surface area (Å²) in [5, 5.41) is 4.39. The summed E-state index contributed by atoms with van der Waals surface area (Å²) in [6.45, 7) is 3.44. The summed E-state index contributed by atoms with van der Waals surface area (Å²) < 4.78 is 6.98. The Morgan fingerprint density at radius 1 is 1.43 bits per heavy atom. The van der Waals surface area contributed by atoms with Crippen LogP contribution in [0.15, 0.2) is 12.3 Å². The van der Waals surface area contributed by atoms with Crippen molar-refractivity contribution < 1.29 is 9.53 Å².